The average Bonchev–Trinajstić information content (AvgIpc) is 2.50. The van der Waals surface area contributed by atoms with E-state index in [1.54, 1.807) is 0 Å². The second kappa shape index (κ2) is 7.26. The molecule has 114 valence electrons. The maximum atomic E-state index is 11.3. The zero-order valence-electron chi connectivity index (χ0n) is 11.9. The molecule has 0 saturated heterocycles. The van der Waals surface area contributed by atoms with Gasteiger partial charge in [-0.1, -0.05) is 36.4 Å². The van der Waals surface area contributed by atoms with Gasteiger partial charge in [-0.15, -0.1) is 0 Å². The third-order valence-electron chi connectivity index (χ3n) is 3.26. The van der Waals surface area contributed by atoms with Gasteiger partial charge in [0.2, 0.25) is 0 Å². The summed E-state index contributed by atoms with van der Waals surface area (Å²) in [7, 11) is 0. The summed E-state index contributed by atoms with van der Waals surface area (Å²) in [5.41, 5.74) is 1.22. The monoisotopic (exact) mass is 299 g/mol. The van der Waals surface area contributed by atoms with Crippen LogP contribution in [-0.2, 0) is 17.6 Å². The number of carboxylic acid groups (broad SMARTS) is 1. The van der Waals surface area contributed by atoms with Crippen molar-refractivity contribution in [2.45, 2.75) is 18.9 Å². The molecule has 0 amide bonds. The molecule has 5 nitrogen and oxygen atoms in total. The first kappa shape index (κ1) is 15.6. The van der Waals surface area contributed by atoms with Crippen LogP contribution in [0.3, 0.4) is 0 Å². The van der Waals surface area contributed by atoms with Crippen molar-refractivity contribution in [1.82, 2.24) is 0 Å². The van der Waals surface area contributed by atoms with Crippen LogP contribution in [0.2, 0.25) is 0 Å². The number of aliphatic imine (C=N–C) groups is 1. The quantitative estimate of drug-likeness (QED) is 0.714. The van der Waals surface area contributed by atoms with E-state index in [1.807, 2.05) is 30.3 Å². The van der Waals surface area contributed by atoms with Gasteiger partial charge in [-0.2, -0.15) is 0 Å². The number of aliphatic carboxylic acids is 1. The molecule has 0 bridgehead atoms. The highest BCUT2D eigenvalue weighted by Gasteiger charge is 2.16. The average molecular weight is 299 g/mol. The van der Waals surface area contributed by atoms with Crippen LogP contribution in [0, 0.1) is 0 Å². The standard InChI is InChI=1S/C17H17NO4/c19-15-7-4-8-16(20)13(15)9-10-18-14(17(21)22)11-12-5-2-1-3-6-12/h1-8,10,14,19-20H,9,11H2,(H,21,22)/t14-/m0/s1. The van der Waals surface area contributed by atoms with Gasteiger partial charge in [0.05, 0.1) is 0 Å². The third-order valence-corrected chi connectivity index (χ3v) is 3.26. The molecule has 0 fully saturated rings. The first-order valence-corrected chi connectivity index (χ1v) is 6.86. The Kier molecular flexibility index (Phi) is 5.14. The Morgan fingerprint density at radius 2 is 1.68 bits per heavy atom. The Morgan fingerprint density at radius 3 is 2.27 bits per heavy atom. The van der Waals surface area contributed by atoms with Crippen molar-refractivity contribution in [2.75, 3.05) is 0 Å². The number of carboxylic acids is 1. The normalized spacial score (nSPS) is 12.4. The minimum atomic E-state index is -1.01. The molecule has 2 aromatic rings. The van der Waals surface area contributed by atoms with Crippen LogP contribution < -0.4 is 0 Å². The number of benzene rings is 2. The van der Waals surface area contributed by atoms with E-state index in [0.717, 1.165) is 5.56 Å². The molecular weight excluding hydrogens is 282 g/mol. The molecule has 0 saturated carbocycles. The van der Waals surface area contributed by atoms with Gasteiger partial charge in [-0.25, -0.2) is 4.79 Å². The molecule has 2 aromatic carbocycles. The van der Waals surface area contributed by atoms with Crippen LogP contribution in [0.15, 0.2) is 53.5 Å². The summed E-state index contributed by atoms with van der Waals surface area (Å²) in [6.07, 6.45) is 1.87. The Balaban J connectivity index is 2.06. The molecule has 0 heterocycles. The SMILES string of the molecule is O=C(O)[C@H](Cc1ccccc1)N=CCc1c(O)cccc1O. The van der Waals surface area contributed by atoms with Crippen molar-refractivity contribution in [3.05, 3.63) is 59.7 Å². The largest absolute Gasteiger partial charge is 0.508 e. The van der Waals surface area contributed by atoms with Crippen molar-refractivity contribution in [1.29, 1.82) is 0 Å². The summed E-state index contributed by atoms with van der Waals surface area (Å²) >= 11 is 0. The molecule has 0 aliphatic carbocycles. The van der Waals surface area contributed by atoms with E-state index in [9.17, 15) is 20.1 Å². The Morgan fingerprint density at radius 1 is 1.05 bits per heavy atom. The smallest absolute Gasteiger partial charge is 0.328 e. The number of hydrogen-bond donors (Lipinski definition) is 3. The highest BCUT2D eigenvalue weighted by Crippen LogP contribution is 2.26. The van der Waals surface area contributed by atoms with E-state index >= 15 is 0 Å². The van der Waals surface area contributed by atoms with E-state index in [4.69, 9.17) is 0 Å². The molecule has 3 N–H and O–H groups in total. The maximum absolute atomic E-state index is 11.3. The van der Waals surface area contributed by atoms with Crippen LogP contribution in [0.25, 0.3) is 0 Å². The van der Waals surface area contributed by atoms with Gasteiger partial charge in [-0.3, -0.25) is 4.99 Å². The number of nitrogens with zero attached hydrogens (tertiary/aromatic N) is 1. The Labute approximate surface area is 128 Å². The number of carbonyl (C=O) groups is 1. The van der Waals surface area contributed by atoms with Crippen molar-refractivity contribution in [3.63, 3.8) is 0 Å². The molecule has 0 radical (unpaired) electrons. The van der Waals surface area contributed by atoms with E-state index in [-0.39, 0.29) is 17.9 Å². The number of phenols is 2. The van der Waals surface area contributed by atoms with Gasteiger partial charge in [0, 0.05) is 24.6 Å². The van der Waals surface area contributed by atoms with Crippen LogP contribution in [-0.4, -0.2) is 33.5 Å². The topological polar surface area (TPSA) is 90.1 Å². The highest BCUT2D eigenvalue weighted by molar-refractivity contribution is 5.77. The van der Waals surface area contributed by atoms with Gasteiger partial charge >= 0.3 is 5.97 Å². The van der Waals surface area contributed by atoms with Crippen molar-refractivity contribution < 1.29 is 20.1 Å². The first-order valence-electron chi connectivity index (χ1n) is 6.86. The van der Waals surface area contributed by atoms with Crippen molar-refractivity contribution >= 4 is 12.2 Å². The molecule has 0 spiro atoms. The van der Waals surface area contributed by atoms with Gasteiger partial charge in [0.25, 0.3) is 0 Å². The summed E-state index contributed by atoms with van der Waals surface area (Å²) in [5.74, 6) is -1.09. The van der Waals surface area contributed by atoms with Gasteiger partial charge in [0.1, 0.15) is 11.5 Å². The van der Waals surface area contributed by atoms with Crippen LogP contribution in [0.5, 0.6) is 11.5 Å². The van der Waals surface area contributed by atoms with Crippen LogP contribution >= 0.6 is 0 Å². The molecule has 0 aliphatic rings. The lowest BCUT2D eigenvalue weighted by molar-refractivity contribution is -0.138. The fourth-order valence-electron chi connectivity index (χ4n) is 2.08. The minimum absolute atomic E-state index is 0.0404. The predicted molar refractivity (Wildman–Crippen MR) is 83.5 cm³/mol. The molecule has 2 rings (SSSR count). The molecular formula is C17H17NO4. The molecule has 0 unspecified atom stereocenters. The van der Waals surface area contributed by atoms with E-state index < -0.39 is 12.0 Å². The summed E-state index contributed by atoms with van der Waals surface area (Å²) in [6.45, 7) is 0. The zero-order valence-corrected chi connectivity index (χ0v) is 11.9. The van der Waals surface area contributed by atoms with Gasteiger partial charge < -0.3 is 15.3 Å². The lowest BCUT2D eigenvalue weighted by Crippen LogP contribution is -2.21. The number of phenolic OH excluding ortho intramolecular Hbond substituents is 2. The van der Waals surface area contributed by atoms with E-state index in [1.165, 1.54) is 24.4 Å². The fourth-order valence-corrected chi connectivity index (χ4v) is 2.08. The Bertz CT molecular complexity index is 647. The zero-order chi connectivity index (χ0) is 15.9. The first-order chi connectivity index (χ1) is 10.6. The second-order valence-electron chi connectivity index (χ2n) is 4.85. The summed E-state index contributed by atoms with van der Waals surface area (Å²) < 4.78 is 0. The van der Waals surface area contributed by atoms with Gasteiger partial charge in [0.15, 0.2) is 6.04 Å². The lowest BCUT2D eigenvalue weighted by atomic mass is 10.1. The van der Waals surface area contributed by atoms with Crippen molar-refractivity contribution in [3.8, 4) is 11.5 Å². The van der Waals surface area contributed by atoms with E-state index in [2.05, 4.69) is 4.99 Å². The summed E-state index contributed by atoms with van der Waals surface area (Å²) in [6, 6.07) is 12.8. The molecule has 0 aromatic heterocycles. The molecule has 1 atom stereocenters. The number of hydrogen-bond acceptors (Lipinski definition) is 4. The second-order valence-corrected chi connectivity index (χ2v) is 4.85. The lowest BCUT2D eigenvalue weighted by Gasteiger charge is -2.08. The number of rotatable bonds is 6. The predicted octanol–water partition coefficient (Wildman–Crippen LogP) is 2.41. The summed E-state index contributed by atoms with van der Waals surface area (Å²) in [4.78, 5) is 15.3. The molecule has 0 aliphatic heterocycles. The van der Waals surface area contributed by atoms with Gasteiger partial charge in [-0.05, 0) is 17.7 Å². The van der Waals surface area contributed by atoms with E-state index in [0.29, 0.717) is 12.0 Å². The third kappa shape index (κ3) is 4.09. The van der Waals surface area contributed by atoms with Crippen LogP contribution in [0.4, 0.5) is 0 Å². The highest BCUT2D eigenvalue weighted by atomic mass is 16.4. The van der Waals surface area contributed by atoms with Crippen LogP contribution in [0.1, 0.15) is 11.1 Å². The minimum Gasteiger partial charge on any atom is -0.508 e. The molecule has 5 heteroatoms. The molecule has 22 heavy (non-hydrogen) atoms. The fraction of sp³-hybridized carbons (Fsp3) is 0.176. The van der Waals surface area contributed by atoms with Crippen molar-refractivity contribution in [2.24, 2.45) is 4.99 Å². The number of aromatic hydroxyl groups is 2. The Hall–Kier alpha value is -2.82. The summed E-state index contributed by atoms with van der Waals surface area (Å²) in [5, 5.41) is 28.6. The maximum Gasteiger partial charge on any atom is 0.328 e.